The number of carbonyl (C=O) groups is 1. The minimum Gasteiger partial charge on any atom is -0.481 e. The molecule has 0 saturated heterocycles. The molecule has 0 aliphatic heterocycles. The van der Waals surface area contributed by atoms with E-state index in [1.807, 2.05) is 12.1 Å². The lowest BCUT2D eigenvalue weighted by molar-refractivity contribution is -0.385. The normalized spacial score (nSPS) is 10.2. The van der Waals surface area contributed by atoms with E-state index in [0.717, 1.165) is 11.3 Å². The van der Waals surface area contributed by atoms with Gasteiger partial charge in [-0.1, -0.05) is 6.92 Å². The fourth-order valence-corrected chi connectivity index (χ4v) is 2.58. The standard InChI is InChI=1S/C14H13NO4S/c1-2-11-4-5-12(20-11)9-19-14-7-10(8-16)3-6-13(14)15(17)18/h3-8H,2,9H2,1H3. The van der Waals surface area contributed by atoms with Crippen LogP contribution in [0.3, 0.4) is 0 Å². The molecule has 2 aromatic rings. The van der Waals surface area contributed by atoms with Crippen molar-refractivity contribution in [2.75, 3.05) is 0 Å². The van der Waals surface area contributed by atoms with Crippen molar-refractivity contribution in [1.29, 1.82) is 0 Å². The van der Waals surface area contributed by atoms with Gasteiger partial charge in [-0.2, -0.15) is 0 Å². The van der Waals surface area contributed by atoms with Gasteiger partial charge >= 0.3 is 5.69 Å². The van der Waals surface area contributed by atoms with E-state index in [9.17, 15) is 14.9 Å². The van der Waals surface area contributed by atoms with Crippen molar-refractivity contribution in [3.05, 3.63) is 55.8 Å². The second-order valence-corrected chi connectivity index (χ2v) is 5.37. The van der Waals surface area contributed by atoms with Gasteiger partial charge in [0.25, 0.3) is 0 Å². The van der Waals surface area contributed by atoms with Gasteiger partial charge < -0.3 is 4.74 Å². The highest BCUT2D eigenvalue weighted by molar-refractivity contribution is 7.11. The molecule has 0 saturated carbocycles. The van der Waals surface area contributed by atoms with Crippen molar-refractivity contribution in [1.82, 2.24) is 0 Å². The van der Waals surface area contributed by atoms with Crippen LogP contribution < -0.4 is 4.74 Å². The summed E-state index contributed by atoms with van der Waals surface area (Å²) in [5, 5.41) is 10.9. The molecule has 0 unspecified atom stereocenters. The Hall–Kier alpha value is -2.21. The quantitative estimate of drug-likeness (QED) is 0.463. The molecule has 1 aromatic carbocycles. The molecule has 104 valence electrons. The number of thiophene rings is 1. The van der Waals surface area contributed by atoms with Crippen LogP contribution in [0.4, 0.5) is 5.69 Å². The maximum atomic E-state index is 10.9. The van der Waals surface area contributed by atoms with E-state index in [1.54, 1.807) is 11.3 Å². The zero-order valence-electron chi connectivity index (χ0n) is 10.9. The first-order valence-corrected chi connectivity index (χ1v) is 6.89. The van der Waals surface area contributed by atoms with E-state index in [4.69, 9.17) is 4.74 Å². The summed E-state index contributed by atoms with van der Waals surface area (Å²) in [4.78, 5) is 23.4. The maximum absolute atomic E-state index is 10.9. The van der Waals surface area contributed by atoms with E-state index >= 15 is 0 Å². The second kappa shape index (κ2) is 6.29. The Kier molecular flexibility index (Phi) is 4.47. The third-order valence-electron chi connectivity index (χ3n) is 2.75. The molecular weight excluding hydrogens is 278 g/mol. The molecule has 0 atom stereocenters. The average Bonchev–Trinajstić information content (AvgIpc) is 2.92. The third-order valence-corrected chi connectivity index (χ3v) is 3.96. The van der Waals surface area contributed by atoms with Crippen molar-refractivity contribution in [2.24, 2.45) is 0 Å². The number of nitro groups is 1. The fourth-order valence-electron chi connectivity index (χ4n) is 1.71. The molecule has 6 heteroatoms. The minimum atomic E-state index is -0.518. The van der Waals surface area contributed by atoms with Crippen molar-refractivity contribution in [3.8, 4) is 5.75 Å². The molecule has 0 bridgehead atoms. The summed E-state index contributed by atoms with van der Waals surface area (Å²) in [6.45, 7) is 2.32. The smallest absolute Gasteiger partial charge is 0.310 e. The van der Waals surface area contributed by atoms with Gasteiger partial charge in [0, 0.05) is 21.4 Å². The number of hydrogen-bond acceptors (Lipinski definition) is 5. The first-order chi connectivity index (χ1) is 9.63. The highest BCUT2D eigenvalue weighted by atomic mass is 32.1. The Morgan fingerprint density at radius 3 is 2.65 bits per heavy atom. The van der Waals surface area contributed by atoms with E-state index in [1.165, 1.54) is 23.1 Å². The van der Waals surface area contributed by atoms with Crippen LogP contribution in [0.25, 0.3) is 0 Å². The van der Waals surface area contributed by atoms with Crippen LogP contribution in [0.2, 0.25) is 0 Å². The molecule has 0 fully saturated rings. The molecule has 1 heterocycles. The number of aryl methyl sites for hydroxylation is 1. The predicted molar refractivity (Wildman–Crippen MR) is 76.5 cm³/mol. The molecule has 0 aliphatic rings. The Labute approximate surface area is 120 Å². The van der Waals surface area contributed by atoms with Gasteiger partial charge in [0.1, 0.15) is 12.9 Å². The van der Waals surface area contributed by atoms with Crippen LogP contribution in [0.1, 0.15) is 27.0 Å². The average molecular weight is 291 g/mol. The van der Waals surface area contributed by atoms with Crippen LogP contribution in [0.5, 0.6) is 5.75 Å². The van der Waals surface area contributed by atoms with Gasteiger partial charge in [0.05, 0.1) is 4.92 Å². The summed E-state index contributed by atoms with van der Waals surface area (Å²) in [6.07, 6.45) is 1.59. The Morgan fingerprint density at radius 1 is 1.30 bits per heavy atom. The van der Waals surface area contributed by atoms with Crippen molar-refractivity contribution in [2.45, 2.75) is 20.0 Å². The number of aldehydes is 1. The van der Waals surface area contributed by atoms with Crippen LogP contribution in [0, 0.1) is 10.1 Å². The fraction of sp³-hybridized carbons (Fsp3) is 0.214. The molecule has 0 radical (unpaired) electrons. The van der Waals surface area contributed by atoms with Crippen molar-refractivity contribution < 1.29 is 14.5 Å². The number of nitrogens with zero attached hydrogens (tertiary/aromatic N) is 1. The van der Waals surface area contributed by atoms with E-state index < -0.39 is 4.92 Å². The lowest BCUT2D eigenvalue weighted by Crippen LogP contribution is -1.98. The van der Waals surface area contributed by atoms with Gasteiger partial charge in [-0.25, -0.2) is 0 Å². The van der Waals surface area contributed by atoms with Crippen LogP contribution >= 0.6 is 11.3 Å². The molecule has 2 rings (SSSR count). The number of benzene rings is 1. The summed E-state index contributed by atoms with van der Waals surface area (Å²) in [5.41, 5.74) is 0.217. The summed E-state index contributed by atoms with van der Waals surface area (Å²) in [5.74, 6) is 0.117. The largest absolute Gasteiger partial charge is 0.481 e. The maximum Gasteiger partial charge on any atom is 0.310 e. The topological polar surface area (TPSA) is 69.4 Å². The highest BCUT2D eigenvalue weighted by Gasteiger charge is 2.16. The summed E-state index contributed by atoms with van der Waals surface area (Å²) >= 11 is 1.61. The number of carbonyl (C=O) groups excluding carboxylic acids is 1. The van der Waals surface area contributed by atoms with E-state index in [2.05, 4.69) is 6.92 Å². The summed E-state index contributed by atoms with van der Waals surface area (Å²) in [6, 6.07) is 8.03. The van der Waals surface area contributed by atoms with Gasteiger partial charge in [0.15, 0.2) is 5.75 Å². The molecule has 5 nitrogen and oxygen atoms in total. The first kappa shape index (κ1) is 14.2. The third kappa shape index (κ3) is 3.21. The zero-order chi connectivity index (χ0) is 14.5. The molecule has 1 aromatic heterocycles. The van der Waals surface area contributed by atoms with Crippen molar-refractivity contribution in [3.63, 3.8) is 0 Å². The van der Waals surface area contributed by atoms with Crippen molar-refractivity contribution >= 4 is 23.3 Å². The second-order valence-electron chi connectivity index (χ2n) is 4.11. The molecule has 0 amide bonds. The number of ether oxygens (including phenoxy) is 1. The Balaban J connectivity index is 2.18. The number of rotatable bonds is 6. The SMILES string of the molecule is CCc1ccc(COc2cc(C=O)ccc2[N+](=O)[O-])s1. The zero-order valence-corrected chi connectivity index (χ0v) is 11.7. The van der Waals surface area contributed by atoms with Crippen LogP contribution in [-0.2, 0) is 13.0 Å². The number of hydrogen-bond donors (Lipinski definition) is 0. The van der Waals surface area contributed by atoms with Gasteiger partial charge in [-0.05, 0) is 30.7 Å². The minimum absolute atomic E-state index is 0.117. The monoisotopic (exact) mass is 291 g/mol. The van der Waals surface area contributed by atoms with Gasteiger partial charge in [0.2, 0.25) is 0 Å². The van der Waals surface area contributed by atoms with Gasteiger partial charge in [-0.3, -0.25) is 14.9 Å². The van der Waals surface area contributed by atoms with Gasteiger partial charge in [-0.15, -0.1) is 11.3 Å². The van der Waals surface area contributed by atoms with E-state index in [0.29, 0.717) is 11.8 Å². The summed E-state index contributed by atoms with van der Waals surface area (Å²) < 4.78 is 5.49. The molecule has 0 N–H and O–H groups in total. The molecule has 20 heavy (non-hydrogen) atoms. The Morgan fingerprint density at radius 2 is 2.05 bits per heavy atom. The predicted octanol–water partition coefficient (Wildman–Crippen LogP) is 3.61. The molecule has 0 spiro atoms. The van der Waals surface area contributed by atoms with Crippen LogP contribution in [0.15, 0.2) is 30.3 Å². The Bertz CT molecular complexity index is 636. The molecule has 0 aliphatic carbocycles. The number of nitro benzene ring substituents is 1. The highest BCUT2D eigenvalue weighted by Crippen LogP contribution is 2.29. The lowest BCUT2D eigenvalue weighted by atomic mass is 10.2. The first-order valence-electron chi connectivity index (χ1n) is 6.08. The summed E-state index contributed by atoms with van der Waals surface area (Å²) in [7, 11) is 0. The molecular formula is C14H13NO4S. The van der Waals surface area contributed by atoms with E-state index in [-0.39, 0.29) is 18.0 Å². The lowest BCUT2D eigenvalue weighted by Gasteiger charge is -2.06. The van der Waals surface area contributed by atoms with Crippen LogP contribution in [-0.4, -0.2) is 11.2 Å².